The number of aromatic nitrogens is 3. The molecule has 0 unspecified atom stereocenters. The van der Waals surface area contributed by atoms with Crippen LogP contribution in [0.25, 0.3) is 5.69 Å². The fourth-order valence-corrected chi connectivity index (χ4v) is 2.93. The van der Waals surface area contributed by atoms with Gasteiger partial charge >= 0.3 is 0 Å². The predicted molar refractivity (Wildman–Crippen MR) is 91.8 cm³/mol. The summed E-state index contributed by atoms with van der Waals surface area (Å²) in [5, 5.41) is 7.19. The Hall–Kier alpha value is -2.25. The summed E-state index contributed by atoms with van der Waals surface area (Å²) in [4.78, 5) is 20.8. The summed E-state index contributed by atoms with van der Waals surface area (Å²) in [7, 11) is 2.13. The van der Waals surface area contributed by atoms with Crippen LogP contribution in [-0.2, 0) is 11.3 Å². The summed E-state index contributed by atoms with van der Waals surface area (Å²) in [5.41, 5.74) is 1.96. The average Bonchev–Trinajstić information content (AvgIpc) is 3.05. The van der Waals surface area contributed by atoms with Gasteiger partial charge in [-0.05, 0) is 38.2 Å². The first-order valence-electron chi connectivity index (χ1n) is 8.33. The zero-order valence-electron chi connectivity index (χ0n) is 14.1. The van der Waals surface area contributed by atoms with E-state index >= 15 is 0 Å². The number of amides is 1. The molecule has 0 radical (unpaired) electrons. The second-order valence-electron chi connectivity index (χ2n) is 6.18. The number of rotatable bonds is 5. The molecule has 7 heteroatoms. The molecular formula is C17H24N6O. The second kappa shape index (κ2) is 8.03. The van der Waals surface area contributed by atoms with Crippen LogP contribution < -0.4 is 5.32 Å². The molecule has 3 rings (SSSR count). The molecule has 1 aliphatic heterocycles. The molecule has 24 heavy (non-hydrogen) atoms. The Morgan fingerprint density at radius 2 is 2.08 bits per heavy atom. The van der Waals surface area contributed by atoms with Crippen LogP contribution in [0, 0.1) is 0 Å². The highest BCUT2D eigenvalue weighted by molar-refractivity contribution is 5.78. The summed E-state index contributed by atoms with van der Waals surface area (Å²) in [6.45, 7) is 4.99. The normalized spacial score (nSPS) is 16.7. The zero-order valence-corrected chi connectivity index (χ0v) is 14.1. The topological polar surface area (TPSA) is 66.3 Å². The first-order valence-corrected chi connectivity index (χ1v) is 8.33. The molecule has 1 saturated heterocycles. The highest BCUT2D eigenvalue weighted by Crippen LogP contribution is 2.12. The molecular weight excluding hydrogens is 304 g/mol. The molecule has 0 aliphatic carbocycles. The number of hydrogen-bond acceptors (Lipinski definition) is 5. The standard InChI is InChI=1S/C17H24N6O/c1-21-7-4-8-22(10-9-21)12-17(24)19-11-15-5-2-3-6-16(15)23-14-18-13-20-23/h2-3,5-6,13-14H,4,7-12H2,1H3,(H,19,24). The summed E-state index contributed by atoms with van der Waals surface area (Å²) in [6, 6.07) is 7.89. The monoisotopic (exact) mass is 328 g/mol. The molecule has 1 amide bonds. The van der Waals surface area contributed by atoms with Gasteiger partial charge in [-0.15, -0.1) is 0 Å². The number of hydrogen-bond donors (Lipinski definition) is 1. The van der Waals surface area contributed by atoms with E-state index < -0.39 is 0 Å². The minimum absolute atomic E-state index is 0.0629. The van der Waals surface area contributed by atoms with Gasteiger partial charge in [-0.1, -0.05) is 18.2 Å². The van der Waals surface area contributed by atoms with E-state index in [-0.39, 0.29) is 5.91 Å². The van der Waals surface area contributed by atoms with E-state index in [1.165, 1.54) is 6.33 Å². The maximum absolute atomic E-state index is 12.3. The van der Waals surface area contributed by atoms with Gasteiger partial charge in [-0.3, -0.25) is 9.69 Å². The van der Waals surface area contributed by atoms with Crippen molar-refractivity contribution in [2.45, 2.75) is 13.0 Å². The molecule has 0 atom stereocenters. The van der Waals surface area contributed by atoms with Gasteiger partial charge in [0, 0.05) is 19.6 Å². The van der Waals surface area contributed by atoms with Crippen molar-refractivity contribution in [3.8, 4) is 5.69 Å². The van der Waals surface area contributed by atoms with Crippen molar-refractivity contribution in [2.24, 2.45) is 0 Å². The highest BCUT2D eigenvalue weighted by atomic mass is 16.2. The molecule has 1 aromatic carbocycles. The molecule has 7 nitrogen and oxygen atoms in total. The van der Waals surface area contributed by atoms with Gasteiger partial charge in [-0.25, -0.2) is 9.67 Å². The van der Waals surface area contributed by atoms with Crippen LogP contribution in [0.2, 0.25) is 0 Å². The van der Waals surface area contributed by atoms with Gasteiger partial charge in [0.05, 0.1) is 12.2 Å². The Kier molecular flexibility index (Phi) is 5.55. The van der Waals surface area contributed by atoms with E-state index in [0.717, 1.165) is 43.9 Å². The largest absolute Gasteiger partial charge is 0.351 e. The molecule has 1 aromatic heterocycles. The first-order chi connectivity index (χ1) is 11.7. The molecule has 0 saturated carbocycles. The van der Waals surface area contributed by atoms with E-state index in [1.807, 2.05) is 24.3 Å². The molecule has 128 valence electrons. The van der Waals surface area contributed by atoms with Crippen molar-refractivity contribution < 1.29 is 4.79 Å². The van der Waals surface area contributed by atoms with E-state index in [4.69, 9.17) is 0 Å². The maximum Gasteiger partial charge on any atom is 0.234 e. The van der Waals surface area contributed by atoms with Crippen LogP contribution >= 0.6 is 0 Å². The van der Waals surface area contributed by atoms with E-state index in [1.54, 1.807) is 11.0 Å². The lowest BCUT2D eigenvalue weighted by molar-refractivity contribution is -0.122. The summed E-state index contributed by atoms with van der Waals surface area (Å²) in [6.07, 6.45) is 4.28. The van der Waals surface area contributed by atoms with Crippen molar-refractivity contribution in [2.75, 3.05) is 39.8 Å². The van der Waals surface area contributed by atoms with E-state index in [0.29, 0.717) is 13.1 Å². The number of likely N-dealkylation sites (N-methyl/N-ethyl adjacent to an activating group) is 1. The molecule has 1 N–H and O–H groups in total. The Morgan fingerprint density at radius 3 is 2.92 bits per heavy atom. The predicted octanol–water partition coefficient (Wildman–Crippen LogP) is 0.521. The minimum Gasteiger partial charge on any atom is -0.351 e. The third kappa shape index (κ3) is 4.39. The van der Waals surface area contributed by atoms with Gasteiger partial charge in [0.1, 0.15) is 12.7 Å². The zero-order chi connectivity index (χ0) is 16.8. The van der Waals surface area contributed by atoms with E-state index in [9.17, 15) is 4.79 Å². The van der Waals surface area contributed by atoms with Crippen molar-refractivity contribution in [1.29, 1.82) is 0 Å². The SMILES string of the molecule is CN1CCCN(CC(=O)NCc2ccccc2-n2cncn2)CC1. The Balaban J connectivity index is 1.55. The van der Waals surface area contributed by atoms with Crippen LogP contribution in [0.4, 0.5) is 0 Å². The minimum atomic E-state index is 0.0629. The molecule has 0 bridgehead atoms. The lowest BCUT2D eigenvalue weighted by atomic mass is 10.2. The van der Waals surface area contributed by atoms with Gasteiger partial charge < -0.3 is 10.2 Å². The van der Waals surface area contributed by atoms with Crippen LogP contribution in [0.1, 0.15) is 12.0 Å². The lowest BCUT2D eigenvalue weighted by Crippen LogP contribution is -2.38. The third-order valence-corrected chi connectivity index (χ3v) is 4.31. The van der Waals surface area contributed by atoms with Crippen LogP contribution in [0.15, 0.2) is 36.9 Å². The fraction of sp³-hybridized carbons (Fsp3) is 0.471. The molecule has 1 fully saturated rings. The average molecular weight is 328 g/mol. The van der Waals surface area contributed by atoms with Crippen molar-refractivity contribution in [3.05, 3.63) is 42.5 Å². The van der Waals surface area contributed by atoms with Crippen molar-refractivity contribution in [1.82, 2.24) is 29.9 Å². The van der Waals surface area contributed by atoms with Crippen LogP contribution in [0.5, 0.6) is 0 Å². The third-order valence-electron chi connectivity index (χ3n) is 4.31. The number of nitrogens with one attached hydrogen (secondary N) is 1. The van der Waals surface area contributed by atoms with Crippen molar-refractivity contribution >= 4 is 5.91 Å². The fourth-order valence-electron chi connectivity index (χ4n) is 2.93. The van der Waals surface area contributed by atoms with Gasteiger partial charge in [0.15, 0.2) is 0 Å². The number of para-hydroxylation sites is 1. The second-order valence-corrected chi connectivity index (χ2v) is 6.18. The van der Waals surface area contributed by atoms with Gasteiger partial charge in [0.2, 0.25) is 5.91 Å². The van der Waals surface area contributed by atoms with E-state index in [2.05, 4.69) is 32.2 Å². The molecule has 2 heterocycles. The molecule has 2 aromatic rings. The number of carbonyl (C=O) groups is 1. The van der Waals surface area contributed by atoms with Gasteiger partial charge in [-0.2, -0.15) is 5.10 Å². The smallest absolute Gasteiger partial charge is 0.234 e. The number of carbonyl (C=O) groups excluding carboxylic acids is 1. The maximum atomic E-state index is 12.3. The van der Waals surface area contributed by atoms with Crippen LogP contribution in [-0.4, -0.2) is 70.2 Å². The van der Waals surface area contributed by atoms with Crippen LogP contribution in [0.3, 0.4) is 0 Å². The molecule has 0 spiro atoms. The Bertz CT molecular complexity index is 657. The summed E-state index contributed by atoms with van der Waals surface area (Å²) in [5.74, 6) is 0.0629. The van der Waals surface area contributed by atoms with Crippen molar-refractivity contribution in [3.63, 3.8) is 0 Å². The highest BCUT2D eigenvalue weighted by Gasteiger charge is 2.15. The summed E-state index contributed by atoms with van der Waals surface area (Å²) >= 11 is 0. The number of benzene rings is 1. The van der Waals surface area contributed by atoms with Gasteiger partial charge in [0.25, 0.3) is 0 Å². The quantitative estimate of drug-likeness (QED) is 0.867. The molecule has 1 aliphatic rings. The summed E-state index contributed by atoms with van der Waals surface area (Å²) < 4.78 is 1.71. The first kappa shape index (κ1) is 16.6. The Labute approximate surface area is 142 Å². The lowest BCUT2D eigenvalue weighted by Gasteiger charge is -2.19. The Morgan fingerprint density at radius 1 is 1.21 bits per heavy atom. The number of nitrogens with zero attached hydrogens (tertiary/aromatic N) is 5.